The maximum Gasteiger partial charge on any atom is 0.469 e. The first-order chi connectivity index (χ1) is 12.2. The van der Waals surface area contributed by atoms with E-state index in [1.165, 1.54) is 6.20 Å². The average molecular weight is 393 g/mol. The second-order valence-electron chi connectivity index (χ2n) is 5.42. The van der Waals surface area contributed by atoms with E-state index < -0.39 is 26.4 Å². The maximum absolute atomic E-state index is 11.3. The predicted octanol–water partition coefficient (Wildman–Crippen LogP) is -0.387. The Morgan fingerprint density at radius 2 is 2.12 bits per heavy atom. The summed E-state index contributed by atoms with van der Waals surface area (Å²) in [4.78, 5) is 32.9. The molecule has 0 aliphatic carbocycles. The Kier molecular flexibility index (Phi) is 9.09. The number of aryl methyl sites for hydroxylation is 1. The molecule has 0 saturated carbocycles. The van der Waals surface area contributed by atoms with Crippen molar-refractivity contribution in [1.29, 1.82) is 0 Å². The minimum atomic E-state index is -4.70. The molecule has 1 unspecified atom stereocenters. The van der Waals surface area contributed by atoms with Crippen LogP contribution in [-0.4, -0.2) is 56.8 Å². The predicted molar refractivity (Wildman–Crippen MR) is 90.2 cm³/mol. The van der Waals surface area contributed by atoms with Crippen LogP contribution in [0.25, 0.3) is 0 Å². The number of phosphoric ester groups is 1. The largest absolute Gasteiger partial charge is 0.506 e. The first-order valence-corrected chi connectivity index (χ1v) is 9.29. The summed E-state index contributed by atoms with van der Waals surface area (Å²) in [6.45, 7) is 1.83. The number of ether oxygens (including phenoxy) is 1. The summed E-state index contributed by atoms with van der Waals surface area (Å²) in [7, 11) is -4.70. The fourth-order valence-corrected chi connectivity index (χ4v) is 2.39. The van der Waals surface area contributed by atoms with Crippen LogP contribution >= 0.6 is 7.82 Å². The Morgan fingerprint density at radius 3 is 2.69 bits per heavy atom. The van der Waals surface area contributed by atoms with Crippen molar-refractivity contribution < 1.29 is 38.6 Å². The lowest BCUT2D eigenvalue weighted by Crippen LogP contribution is -2.37. The molecule has 0 fully saturated rings. The number of nitrogens with two attached hydrogens (primary N) is 1. The van der Waals surface area contributed by atoms with Gasteiger partial charge in [-0.1, -0.05) is 0 Å². The molecule has 11 nitrogen and oxygen atoms in total. The van der Waals surface area contributed by atoms with Crippen molar-refractivity contribution in [1.82, 2.24) is 10.3 Å². The van der Waals surface area contributed by atoms with Crippen LogP contribution in [0, 0.1) is 6.92 Å². The van der Waals surface area contributed by atoms with Crippen molar-refractivity contribution in [2.45, 2.75) is 32.5 Å². The number of carbonyl (C=O) groups is 1. The highest BCUT2D eigenvalue weighted by Crippen LogP contribution is 2.38. The van der Waals surface area contributed by atoms with Gasteiger partial charge in [-0.05, 0) is 13.3 Å². The van der Waals surface area contributed by atoms with Gasteiger partial charge in [-0.15, -0.1) is 0 Å². The number of nitrogens with zero attached hydrogens (tertiary/aromatic N) is 1. The van der Waals surface area contributed by atoms with Gasteiger partial charge in [0.05, 0.1) is 18.9 Å². The van der Waals surface area contributed by atoms with Gasteiger partial charge >= 0.3 is 13.8 Å². The molecule has 0 saturated heterocycles. The number of carboxylic acids is 1. The van der Waals surface area contributed by atoms with E-state index in [-0.39, 0.29) is 36.4 Å². The number of aliphatic carboxylic acids is 1. The zero-order valence-corrected chi connectivity index (χ0v) is 15.2. The number of pyridine rings is 1. The highest BCUT2D eigenvalue weighted by Gasteiger charge is 2.21. The number of nitrogens with one attached hydrogen (secondary N) is 1. The van der Waals surface area contributed by atoms with E-state index >= 15 is 0 Å². The third-order valence-corrected chi connectivity index (χ3v) is 3.92. The SMILES string of the molecule is Cc1ncc(COP(=O)(O)O)c(CNC(CCOCCN)C(=O)O)c1O. The van der Waals surface area contributed by atoms with Crippen LogP contribution in [0.1, 0.15) is 23.2 Å². The topological polar surface area (TPSA) is 184 Å². The van der Waals surface area contributed by atoms with Crippen molar-refractivity contribution in [3.8, 4) is 5.75 Å². The molecule has 1 atom stereocenters. The van der Waals surface area contributed by atoms with Crippen LogP contribution < -0.4 is 11.1 Å². The summed E-state index contributed by atoms with van der Waals surface area (Å²) in [5.41, 5.74) is 6.06. The summed E-state index contributed by atoms with van der Waals surface area (Å²) >= 11 is 0. The molecular formula is C14H24N3O8P. The molecule has 0 spiro atoms. The number of carboxylic acid groups (broad SMARTS) is 1. The van der Waals surface area contributed by atoms with E-state index in [1.807, 2.05) is 0 Å². The van der Waals surface area contributed by atoms with Crippen molar-refractivity contribution in [3.63, 3.8) is 0 Å². The number of hydrogen-bond donors (Lipinski definition) is 6. The van der Waals surface area contributed by atoms with Crippen LogP contribution in [0.3, 0.4) is 0 Å². The molecule has 0 aromatic carbocycles. The highest BCUT2D eigenvalue weighted by molar-refractivity contribution is 7.46. The van der Waals surface area contributed by atoms with Crippen LogP contribution in [0.4, 0.5) is 0 Å². The van der Waals surface area contributed by atoms with Crippen LogP contribution in [0.2, 0.25) is 0 Å². The molecule has 7 N–H and O–H groups in total. The molecule has 0 aliphatic heterocycles. The fraction of sp³-hybridized carbons (Fsp3) is 0.571. The molecule has 0 radical (unpaired) electrons. The van der Waals surface area contributed by atoms with E-state index in [2.05, 4.69) is 14.8 Å². The molecule has 0 amide bonds. The molecule has 1 rings (SSSR count). The minimum Gasteiger partial charge on any atom is -0.506 e. The summed E-state index contributed by atoms with van der Waals surface area (Å²) in [6.07, 6.45) is 1.48. The number of phosphoric acid groups is 1. The molecule has 26 heavy (non-hydrogen) atoms. The molecule has 1 aromatic rings. The number of aromatic hydroxyl groups is 1. The molecule has 148 valence electrons. The summed E-state index contributed by atoms with van der Waals surface area (Å²) in [5.74, 6) is -1.30. The zero-order chi connectivity index (χ0) is 19.7. The zero-order valence-electron chi connectivity index (χ0n) is 14.3. The van der Waals surface area contributed by atoms with Crippen molar-refractivity contribution in [2.75, 3.05) is 19.8 Å². The van der Waals surface area contributed by atoms with Gasteiger partial charge in [0.15, 0.2) is 0 Å². The Balaban J connectivity index is 2.83. The molecule has 1 aromatic heterocycles. The number of hydrogen-bond acceptors (Lipinski definition) is 8. The lowest BCUT2D eigenvalue weighted by atomic mass is 10.1. The lowest BCUT2D eigenvalue weighted by Gasteiger charge is -2.18. The first kappa shape index (κ1) is 22.5. The highest BCUT2D eigenvalue weighted by atomic mass is 31.2. The second kappa shape index (κ2) is 10.5. The number of rotatable bonds is 12. The first-order valence-electron chi connectivity index (χ1n) is 7.76. The fourth-order valence-electron chi connectivity index (χ4n) is 2.08. The monoisotopic (exact) mass is 393 g/mol. The quantitative estimate of drug-likeness (QED) is 0.201. The van der Waals surface area contributed by atoms with Crippen molar-refractivity contribution in [3.05, 3.63) is 23.0 Å². The van der Waals surface area contributed by atoms with E-state index in [4.69, 9.17) is 20.3 Å². The molecular weight excluding hydrogens is 369 g/mol. The van der Waals surface area contributed by atoms with Gasteiger partial charge in [0.1, 0.15) is 11.8 Å². The van der Waals surface area contributed by atoms with Crippen molar-refractivity contribution >= 4 is 13.8 Å². The second-order valence-corrected chi connectivity index (χ2v) is 6.66. The van der Waals surface area contributed by atoms with Crippen LogP contribution in [-0.2, 0) is 31.8 Å². The maximum atomic E-state index is 11.3. The van der Waals surface area contributed by atoms with Crippen LogP contribution in [0.15, 0.2) is 6.20 Å². The Hall–Kier alpha value is -1.59. The standard InChI is InChI=1S/C14H24N3O8P/c1-9-13(18)11(10(6-16-9)8-25-26(21,22)23)7-17-12(14(19)20)2-4-24-5-3-15/h6,12,17-18H,2-5,7-8,15H2,1H3,(H,19,20)(H2,21,22,23). The van der Waals surface area contributed by atoms with Gasteiger partial charge in [-0.2, -0.15) is 0 Å². The summed E-state index contributed by atoms with van der Waals surface area (Å²) < 4.78 is 20.5. The van der Waals surface area contributed by atoms with E-state index in [9.17, 15) is 19.6 Å². The third kappa shape index (κ3) is 7.75. The molecule has 12 heteroatoms. The molecule has 0 bridgehead atoms. The Bertz CT molecular complexity index is 651. The third-order valence-electron chi connectivity index (χ3n) is 3.45. The Morgan fingerprint density at radius 1 is 1.42 bits per heavy atom. The van der Waals surface area contributed by atoms with Gasteiger partial charge in [-0.3, -0.25) is 14.3 Å². The molecule has 1 heterocycles. The van der Waals surface area contributed by atoms with Gasteiger partial charge in [-0.25, -0.2) is 4.57 Å². The van der Waals surface area contributed by atoms with Gasteiger partial charge < -0.3 is 35.8 Å². The van der Waals surface area contributed by atoms with E-state index in [0.717, 1.165) is 0 Å². The van der Waals surface area contributed by atoms with Gasteiger partial charge in [0, 0.05) is 37.0 Å². The Labute approximate surface area is 150 Å². The van der Waals surface area contributed by atoms with Gasteiger partial charge in [0.2, 0.25) is 0 Å². The lowest BCUT2D eigenvalue weighted by molar-refractivity contribution is -0.140. The molecule has 0 aliphatic rings. The van der Waals surface area contributed by atoms with Crippen molar-refractivity contribution in [2.24, 2.45) is 5.73 Å². The van der Waals surface area contributed by atoms with Gasteiger partial charge in [0.25, 0.3) is 0 Å². The number of aromatic nitrogens is 1. The summed E-state index contributed by atoms with van der Waals surface area (Å²) in [6, 6.07) is -0.948. The van der Waals surface area contributed by atoms with E-state index in [1.54, 1.807) is 6.92 Å². The van der Waals surface area contributed by atoms with E-state index in [0.29, 0.717) is 18.8 Å². The summed E-state index contributed by atoms with van der Waals surface area (Å²) in [5, 5.41) is 22.2. The van der Waals surface area contributed by atoms with Crippen LogP contribution in [0.5, 0.6) is 5.75 Å². The normalized spacial score (nSPS) is 12.9. The minimum absolute atomic E-state index is 0.0666. The smallest absolute Gasteiger partial charge is 0.469 e. The average Bonchev–Trinajstić information content (AvgIpc) is 2.55.